The highest BCUT2D eigenvalue weighted by Crippen LogP contribution is 1.93. The first-order valence-electron chi connectivity index (χ1n) is 4.16. The lowest BCUT2D eigenvalue weighted by atomic mass is 10.3. The molecule has 2 atom stereocenters. The van der Waals surface area contributed by atoms with Crippen molar-refractivity contribution in [1.29, 1.82) is 0 Å². The summed E-state index contributed by atoms with van der Waals surface area (Å²) in [6.45, 7) is 2.08. The van der Waals surface area contributed by atoms with E-state index in [9.17, 15) is 9.90 Å². The van der Waals surface area contributed by atoms with Crippen molar-refractivity contribution < 1.29 is 14.6 Å². The molecule has 3 N–H and O–H groups in total. The fourth-order valence-electron chi connectivity index (χ4n) is 0.999. The summed E-state index contributed by atoms with van der Waals surface area (Å²) in [5.41, 5.74) is 5.38. The fraction of sp³-hybridized carbons (Fsp3) is 0.875. The quantitative estimate of drug-likeness (QED) is 0.571. The van der Waals surface area contributed by atoms with E-state index in [0.717, 1.165) is 0 Å². The van der Waals surface area contributed by atoms with Gasteiger partial charge in [0.05, 0.1) is 18.8 Å². The van der Waals surface area contributed by atoms with Crippen molar-refractivity contribution in [3.8, 4) is 0 Å². The van der Waals surface area contributed by atoms with Gasteiger partial charge in [-0.05, 0) is 6.92 Å². The summed E-state index contributed by atoms with van der Waals surface area (Å²) in [6, 6.07) is -0.528. The Morgan fingerprint density at radius 1 is 1.69 bits per heavy atom. The van der Waals surface area contributed by atoms with E-state index in [1.807, 2.05) is 0 Å². The lowest BCUT2D eigenvalue weighted by molar-refractivity contribution is -0.132. The van der Waals surface area contributed by atoms with Crippen LogP contribution in [0.3, 0.4) is 0 Å². The first-order valence-corrected chi connectivity index (χ1v) is 4.16. The molecule has 0 fully saturated rings. The number of aliphatic hydroxyl groups is 1. The Hall–Kier alpha value is -0.650. The van der Waals surface area contributed by atoms with Crippen molar-refractivity contribution >= 4 is 5.91 Å². The topological polar surface area (TPSA) is 75.8 Å². The van der Waals surface area contributed by atoms with Crippen LogP contribution < -0.4 is 5.73 Å². The summed E-state index contributed by atoms with van der Waals surface area (Å²) in [7, 11) is 3.10. The van der Waals surface area contributed by atoms with Gasteiger partial charge >= 0.3 is 0 Å². The summed E-state index contributed by atoms with van der Waals surface area (Å²) < 4.78 is 4.73. The Morgan fingerprint density at radius 2 is 2.23 bits per heavy atom. The van der Waals surface area contributed by atoms with Crippen molar-refractivity contribution in [3.05, 3.63) is 0 Å². The molecule has 0 saturated heterocycles. The predicted octanol–water partition coefficient (Wildman–Crippen LogP) is -1.20. The number of hydrogen-bond acceptors (Lipinski definition) is 4. The van der Waals surface area contributed by atoms with E-state index in [1.165, 1.54) is 12.0 Å². The highest BCUT2D eigenvalue weighted by Gasteiger charge is 2.16. The standard InChI is InChI=1S/C8H18N2O3/c1-6(9)8(12)10(2)4-7(11)5-13-3/h6-7,11H,4-5,9H2,1-3H3/t6-,7?/m1/s1. The van der Waals surface area contributed by atoms with Crippen LogP contribution in [0.15, 0.2) is 0 Å². The maximum Gasteiger partial charge on any atom is 0.239 e. The van der Waals surface area contributed by atoms with Gasteiger partial charge < -0.3 is 20.5 Å². The van der Waals surface area contributed by atoms with Crippen molar-refractivity contribution in [3.63, 3.8) is 0 Å². The van der Waals surface area contributed by atoms with Gasteiger partial charge in [-0.15, -0.1) is 0 Å². The van der Waals surface area contributed by atoms with Crippen molar-refractivity contribution in [2.45, 2.75) is 19.1 Å². The molecular formula is C8H18N2O3. The predicted molar refractivity (Wildman–Crippen MR) is 49.2 cm³/mol. The normalized spacial score (nSPS) is 15.2. The lowest BCUT2D eigenvalue weighted by Gasteiger charge is -2.21. The Labute approximate surface area is 78.5 Å². The molecule has 13 heavy (non-hydrogen) atoms. The van der Waals surface area contributed by atoms with Gasteiger partial charge in [0.25, 0.3) is 0 Å². The molecule has 78 valence electrons. The minimum Gasteiger partial charge on any atom is -0.389 e. The molecule has 5 heteroatoms. The molecule has 0 spiro atoms. The molecule has 0 rings (SSSR count). The zero-order valence-electron chi connectivity index (χ0n) is 8.36. The molecular weight excluding hydrogens is 172 g/mol. The second-order valence-electron chi connectivity index (χ2n) is 3.12. The molecule has 0 bridgehead atoms. The van der Waals surface area contributed by atoms with E-state index in [1.54, 1.807) is 14.0 Å². The van der Waals surface area contributed by atoms with Gasteiger partial charge in [-0.3, -0.25) is 4.79 Å². The van der Waals surface area contributed by atoms with Gasteiger partial charge in [-0.2, -0.15) is 0 Å². The van der Waals surface area contributed by atoms with Gasteiger partial charge in [0.1, 0.15) is 0 Å². The van der Waals surface area contributed by atoms with Crippen molar-refractivity contribution in [2.75, 3.05) is 27.3 Å². The van der Waals surface area contributed by atoms with Crippen LogP contribution in [0.25, 0.3) is 0 Å². The molecule has 0 aromatic rings. The van der Waals surface area contributed by atoms with Gasteiger partial charge in [-0.25, -0.2) is 0 Å². The number of hydrogen-bond donors (Lipinski definition) is 2. The smallest absolute Gasteiger partial charge is 0.239 e. The molecule has 0 aliphatic rings. The number of amides is 1. The average molecular weight is 190 g/mol. The third kappa shape index (κ3) is 4.82. The number of carbonyl (C=O) groups excluding carboxylic acids is 1. The van der Waals surface area contributed by atoms with Gasteiger partial charge in [-0.1, -0.05) is 0 Å². The van der Waals surface area contributed by atoms with E-state index >= 15 is 0 Å². The van der Waals surface area contributed by atoms with Crippen LogP contribution >= 0.6 is 0 Å². The van der Waals surface area contributed by atoms with Crippen LogP contribution in [0, 0.1) is 0 Å². The Morgan fingerprint density at radius 3 is 2.62 bits per heavy atom. The largest absolute Gasteiger partial charge is 0.389 e. The van der Waals surface area contributed by atoms with E-state index in [-0.39, 0.29) is 19.1 Å². The SMILES string of the molecule is COCC(O)CN(C)C(=O)[C@@H](C)N. The summed E-state index contributed by atoms with van der Waals surface area (Å²) in [6.07, 6.45) is -0.655. The zero-order valence-corrected chi connectivity index (χ0v) is 8.36. The summed E-state index contributed by atoms with van der Waals surface area (Å²) in [4.78, 5) is 12.6. The Kier molecular flexibility index (Phi) is 5.61. The second kappa shape index (κ2) is 5.90. The molecule has 0 aromatic carbocycles. The number of likely N-dealkylation sites (N-methyl/N-ethyl adjacent to an activating group) is 1. The molecule has 5 nitrogen and oxygen atoms in total. The number of rotatable bonds is 5. The number of nitrogens with two attached hydrogens (primary N) is 1. The number of methoxy groups -OCH3 is 1. The Balaban J connectivity index is 3.85. The minimum atomic E-state index is -0.655. The van der Waals surface area contributed by atoms with Crippen molar-refractivity contribution in [1.82, 2.24) is 4.90 Å². The van der Waals surface area contributed by atoms with Gasteiger partial charge in [0.2, 0.25) is 5.91 Å². The minimum absolute atomic E-state index is 0.185. The highest BCUT2D eigenvalue weighted by atomic mass is 16.5. The molecule has 0 saturated carbocycles. The van der Waals surface area contributed by atoms with Gasteiger partial charge in [0.15, 0.2) is 0 Å². The number of nitrogens with zero attached hydrogens (tertiary/aromatic N) is 1. The number of aliphatic hydroxyl groups excluding tert-OH is 1. The maximum absolute atomic E-state index is 11.2. The molecule has 1 unspecified atom stereocenters. The van der Waals surface area contributed by atoms with Crippen LogP contribution in [-0.2, 0) is 9.53 Å². The van der Waals surface area contributed by atoms with E-state index in [2.05, 4.69) is 0 Å². The summed E-state index contributed by atoms with van der Waals surface area (Å²) in [5, 5.41) is 9.29. The molecule has 0 aliphatic carbocycles. The summed E-state index contributed by atoms with van der Waals surface area (Å²) in [5.74, 6) is -0.185. The molecule has 1 amide bonds. The van der Waals surface area contributed by atoms with Gasteiger partial charge in [0, 0.05) is 20.7 Å². The Bertz CT molecular complexity index is 161. The first-order chi connectivity index (χ1) is 5.99. The van der Waals surface area contributed by atoms with Crippen LogP contribution in [0.5, 0.6) is 0 Å². The zero-order chi connectivity index (χ0) is 10.4. The highest BCUT2D eigenvalue weighted by molar-refractivity contribution is 5.80. The molecule has 0 heterocycles. The van der Waals surface area contributed by atoms with Crippen LogP contribution in [-0.4, -0.2) is 55.4 Å². The van der Waals surface area contributed by atoms with E-state index in [4.69, 9.17) is 10.5 Å². The maximum atomic E-state index is 11.2. The molecule has 0 aromatic heterocycles. The molecule has 0 aliphatic heterocycles. The van der Waals surface area contributed by atoms with Crippen LogP contribution in [0.2, 0.25) is 0 Å². The van der Waals surface area contributed by atoms with Crippen LogP contribution in [0.1, 0.15) is 6.92 Å². The van der Waals surface area contributed by atoms with E-state index in [0.29, 0.717) is 0 Å². The van der Waals surface area contributed by atoms with Crippen molar-refractivity contribution in [2.24, 2.45) is 5.73 Å². The first kappa shape index (κ1) is 12.3. The van der Waals surface area contributed by atoms with E-state index < -0.39 is 12.1 Å². The van der Waals surface area contributed by atoms with Crippen LogP contribution in [0.4, 0.5) is 0 Å². The number of ether oxygens (including phenoxy) is 1. The molecule has 0 radical (unpaired) electrons. The lowest BCUT2D eigenvalue weighted by Crippen LogP contribution is -2.43. The fourth-order valence-corrected chi connectivity index (χ4v) is 0.999. The monoisotopic (exact) mass is 190 g/mol. The number of carbonyl (C=O) groups is 1. The second-order valence-corrected chi connectivity index (χ2v) is 3.12. The third-order valence-corrected chi connectivity index (χ3v) is 1.61. The summed E-state index contributed by atoms with van der Waals surface area (Å²) >= 11 is 0. The average Bonchev–Trinajstić information content (AvgIpc) is 2.03. The third-order valence-electron chi connectivity index (χ3n) is 1.61.